The normalized spacial score (nSPS) is 11.5. The lowest BCUT2D eigenvalue weighted by Crippen LogP contribution is -2.10. The van der Waals surface area contributed by atoms with Crippen LogP contribution in [0.15, 0.2) is 41.4 Å². The van der Waals surface area contributed by atoms with Crippen molar-refractivity contribution in [3.63, 3.8) is 0 Å². The molecule has 21 heavy (non-hydrogen) atoms. The molecule has 2 rings (SSSR count). The molecule has 0 saturated heterocycles. The summed E-state index contributed by atoms with van der Waals surface area (Å²) in [7, 11) is 0. The Labute approximate surface area is 129 Å². The molecule has 0 fully saturated rings. The highest BCUT2D eigenvalue weighted by molar-refractivity contribution is 6.31. The number of halogens is 1. The van der Waals surface area contributed by atoms with E-state index < -0.39 is 0 Å². The molecule has 0 bridgehead atoms. The summed E-state index contributed by atoms with van der Waals surface area (Å²) in [5.74, 6) is -0.246. The van der Waals surface area contributed by atoms with Crippen LogP contribution >= 0.6 is 11.6 Å². The molecule has 4 heteroatoms. The molecule has 1 aromatic carbocycles. The first-order valence-corrected chi connectivity index (χ1v) is 7.21. The molecule has 108 valence electrons. The summed E-state index contributed by atoms with van der Waals surface area (Å²) in [6.45, 7) is 5.42. The number of rotatable bonds is 3. The number of hydrogen-bond donors (Lipinski definition) is 0. The van der Waals surface area contributed by atoms with Gasteiger partial charge < -0.3 is 0 Å². The second-order valence-corrected chi connectivity index (χ2v) is 5.22. The Balaban J connectivity index is 2.59. The fraction of sp³-hybridized carbons (Fsp3) is 0.235. The number of benzene rings is 1. The van der Waals surface area contributed by atoms with E-state index in [9.17, 15) is 4.79 Å². The van der Waals surface area contributed by atoms with Crippen molar-refractivity contribution in [3.8, 4) is 0 Å². The van der Waals surface area contributed by atoms with E-state index in [1.165, 1.54) is 6.92 Å². The monoisotopic (exact) mass is 300 g/mol. The van der Waals surface area contributed by atoms with Gasteiger partial charge in [0.1, 0.15) is 0 Å². The van der Waals surface area contributed by atoms with E-state index in [1.54, 1.807) is 12.1 Å². The molecule has 1 aromatic heterocycles. The van der Waals surface area contributed by atoms with Gasteiger partial charge >= 0.3 is 0 Å². The van der Waals surface area contributed by atoms with Crippen molar-refractivity contribution in [2.24, 2.45) is 4.99 Å². The number of aliphatic imine (C=N–C) groups is 1. The van der Waals surface area contributed by atoms with E-state index in [0.717, 1.165) is 28.9 Å². The average Bonchev–Trinajstić information content (AvgIpc) is 2.45. The van der Waals surface area contributed by atoms with Crippen LogP contribution in [0.2, 0.25) is 5.02 Å². The number of carbonyl (C=O) groups excluding carboxylic acids is 1. The van der Waals surface area contributed by atoms with Crippen LogP contribution in [-0.4, -0.2) is 16.6 Å². The lowest BCUT2D eigenvalue weighted by Gasteiger charge is -2.10. The van der Waals surface area contributed by atoms with Gasteiger partial charge in [-0.25, -0.2) is 4.99 Å². The predicted molar refractivity (Wildman–Crippen MR) is 86.1 cm³/mol. The zero-order valence-corrected chi connectivity index (χ0v) is 13.1. The first-order valence-electron chi connectivity index (χ1n) is 6.83. The summed E-state index contributed by atoms with van der Waals surface area (Å²) < 4.78 is 0. The zero-order valence-electron chi connectivity index (χ0n) is 12.4. The first-order chi connectivity index (χ1) is 10.0. The maximum atomic E-state index is 11.5. The lowest BCUT2D eigenvalue weighted by atomic mass is 10.0. The van der Waals surface area contributed by atoms with Crippen LogP contribution in [0.1, 0.15) is 36.4 Å². The van der Waals surface area contributed by atoms with Crippen LogP contribution in [-0.2, 0) is 11.2 Å². The van der Waals surface area contributed by atoms with Crippen molar-refractivity contribution in [3.05, 3.63) is 63.9 Å². The third kappa shape index (κ3) is 3.76. The molecule has 0 aliphatic rings. The SMILES string of the molecule is CCc1ccc(C(=NC(C)=O)c2cccc(Cl)c2)c(C)n1. The number of hydrogen-bond acceptors (Lipinski definition) is 2. The van der Waals surface area contributed by atoms with Gasteiger partial charge in [-0.2, -0.15) is 0 Å². The topological polar surface area (TPSA) is 42.3 Å². The summed E-state index contributed by atoms with van der Waals surface area (Å²) in [4.78, 5) is 20.2. The third-order valence-corrected chi connectivity index (χ3v) is 3.36. The molecule has 0 saturated carbocycles. The van der Waals surface area contributed by atoms with Crippen molar-refractivity contribution in [1.29, 1.82) is 0 Å². The number of amides is 1. The van der Waals surface area contributed by atoms with Crippen molar-refractivity contribution < 1.29 is 4.79 Å². The van der Waals surface area contributed by atoms with Gasteiger partial charge in [-0.1, -0.05) is 30.7 Å². The Bertz CT molecular complexity index is 708. The van der Waals surface area contributed by atoms with Crippen molar-refractivity contribution in [1.82, 2.24) is 4.98 Å². The fourth-order valence-corrected chi connectivity index (χ4v) is 2.32. The maximum absolute atomic E-state index is 11.5. The summed E-state index contributed by atoms with van der Waals surface area (Å²) in [5.41, 5.74) is 4.15. The van der Waals surface area contributed by atoms with Gasteiger partial charge in [0.05, 0.1) is 5.71 Å². The molecule has 3 nitrogen and oxygen atoms in total. The van der Waals surface area contributed by atoms with E-state index in [2.05, 4.69) is 16.9 Å². The summed E-state index contributed by atoms with van der Waals surface area (Å²) in [5, 5.41) is 0.611. The number of pyridine rings is 1. The molecule has 0 N–H and O–H groups in total. The van der Waals surface area contributed by atoms with Crippen LogP contribution in [0.5, 0.6) is 0 Å². The molecule has 0 aliphatic heterocycles. The Kier molecular flexibility index (Phi) is 4.86. The lowest BCUT2D eigenvalue weighted by molar-refractivity contribution is -0.115. The molecular weight excluding hydrogens is 284 g/mol. The Morgan fingerprint density at radius 2 is 2.05 bits per heavy atom. The molecule has 0 spiro atoms. The van der Waals surface area contributed by atoms with E-state index in [1.807, 2.05) is 31.2 Å². The van der Waals surface area contributed by atoms with Crippen LogP contribution in [0.25, 0.3) is 0 Å². The van der Waals surface area contributed by atoms with Crippen LogP contribution in [0, 0.1) is 6.92 Å². The minimum atomic E-state index is -0.246. The predicted octanol–water partition coefficient (Wildman–Crippen LogP) is 3.99. The van der Waals surface area contributed by atoms with E-state index in [4.69, 9.17) is 11.6 Å². The summed E-state index contributed by atoms with van der Waals surface area (Å²) >= 11 is 6.04. The van der Waals surface area contributed by atoms with E-state index >= 15 is 0 Å². The molecule has 1 heterocycles. The quantitative estimate of drug-likeness (QED) is 0.804. The molecule has 1 amide bonds. The second-order valence-electron chi connectivity index (χ2n) is 4.78. The van der Waals surface area contributed by atoms with E-state index in [-0.39, 0.29) is 5.91 Å². The number of nitrogens with zero attached hydrogens (tertiary/aromatic N) is 2. The Hall–Kier alpha value is -2.00. The van der Waals surface area contributed by atoms with Crippen molar-refractivity contribution in [2.45, 2.75) is 27.2 Å². The van der Waals surface area contributed by atoms with Gasteiger partial charge in [0.2, 0.25) is 5.91 Å². The van der Waals surface area contributed by atoms with Gasteiger partial charge in [0, 0.05) is 34.5 Å². The molecule has 0 unspecified atom stereocenters. The number of carbonyl (C=O) groups is 1. The zero-order chi connectivity index (χ0) is 15.4. The minimum Gasteiger partial charge on any atom is -0.273 e. The van der Waals surface area contributed by atoms with Gasteiger partial charge in [-0.05, 0) is 37.6 Å². The Morgan fingerprint density at radius 1 is 1.29 bits per heavy atom. The highest BCUT2D eigenvalue weighted by Crippen LogP contribution is 2.18. The van der Waals surface area contributed by atoms with E-state index in [0.29, 0.717) is 10.7 Å². The fourth-order valence-electron chi connectivity index (χ4n) is 2.13. The smallest absolute Gasteiger partial charge is 0.243 e. The van der Waals surface area contributed by atoms with Crippen LogP contribution in [0.3, 0.4) is 0 Å². The van der Waals surface area contributed by atoms with Gasteiger partial charge in [-0.15, -0.1) is 0 Å². The number of aryl methyl sites for hydroxylation is 2. The summed E-state index contributed by atoms with van der Waals surface area (Å²) in [6, 6.07) is 11.3. The second kappa shape index (κ2) is 6.64. The molecule has 2 aromatic rings. The molecule has 0 radical (unpaired) electrons. The largest absolute Gasteiger partial charge is 0.273 e. The Morgan fingerprint density at radius 3 is 2.62 bits per heavy atom. The standard InChI is InChI=1S/C17H17ClN2O/c1-4-15-8-9-16(11(2)19-15)17(20-12(3)21)13-6-5-7-14(18)10-13/h5-10H,4H2,1-3H3. The maximum Gasteiger partial charge on any atom is 0.243 e. The van der Waals surface area contributed by atoms with Crippen molar-refractivity contribution >= 4 is 23.2 Å². The minimum absolute atomic E-state index is 0.246. The average molecular weight is 301 g/mol. The van der Waals surface area contributed by atoms with Crippen LogP contribution < -0.4 is 0 Å². The van der Waals surface area contributed by atoms with Gasteiger partial charge in [0.15, 0.2) is 0 Å². The third-order valence-electron chi connectivity index (χ3n) is 3.13. The molecule has 0 atom stereocenters. The highest BCUT2D eigenvalue weighted by Gasteiger charge is 2.12. The van der Waals surface area contributed by atoms with Gasteiger partial charge in [0.25, 0.3) is 0 Å². The van der Waals surface area contributed by atoms with Crippen molar-refractivity contribution in [2.75, 3.05) is 0 Å². The molecular formula is C17H17ClN2O. The number of aromatic nitrogens is 1. The van der Waals surface area contributed by atoms with Crippen LogP contribution in [0.4, 0.5) is 0 Å². The highest BCUT2D eigenvalue weighted by atomic mass is 35.5. The first kappa shape index (κ1) is 15.4. The van der Waals surface area contributed by atoms with Gasteiger partial charge in [-0.3, -0.25) is 9.78 Å². The summed E-state index contributed by atoms with van der Waals surface area (Å²) in [6.07, 6.45) is 0.872. The molecule has 0 aliphatic carbocycles.